The number of benzene rings is 2. The molecule has 0 aliphatic heterocycles. The lowest BCUT2D eigenvalue weighted by molar-refractivity contribution is -0.126. The van der Waals surface area contributed by atoms with Crippen LogP contribution in [-0.2, 0) is 69.9 Å². The Bertz CT molecular complexity index is 2530. The fraction of sp³-hybridized carbons (Fsp3) is 0.641. The minimum Gasteiger partial charge on any atom is -0.447 e. The second-order valence-corrected chi connectivity index (χ2v) is 21.4. The molecule has 26 heteroatoms. The summed E-state index contributed by atoms with van der Waals surface area (Å²) >= 11 is 5.66. The number of rotatable bonds is 49. The molecular weight excluding hydrogens is 1190 g/mol. The number of halogens is 1. The van der Waals surface area contributed by atoms with Crippen LogP contribution in [0.1, 0.15) is 107 Å². The molecule has 0 radical (unpaired) electrons. The number of amides is 7. The number of carbonyl (C=O) groups is 7. The van der Waals surface area contributed by atoms with Gasteiger partial charge in [0.15, 0.2) is 0 Å². The number of carbonyl (C=O) groups excluding carboxylic acids is 7. The molecule has 1 aliphatic carbocycles. The molecule has 0 atom stereocenters. The maximum absolute atomic E-state index is 13.8. The largest absolute Gasteiger partial charge is 0.447 e. The third-order valence-electron chi connectivity index (χ3n) is 14.2. The van der Waals surface area contributed by atoms with Crippen LogP contribution in [0.4, 0.5) is 24.9 Å². The van der Waals surface area contributed by atoms with E-state index < -0.39 is 24.4 Å². The Morgan fingerprint density at radius 3 is 1.59 bits per heavy atom. The normalized spacial score (nSPS) is 13.8. The first-order chi connectivity index (χ1) is 44.0. The van der Waals surface area contributed by atoms with Crippen LogP contribution in [-0.4, -0.2) is 204 Å². The molecule has 1 aromatic heterocycles. The first kappa shape index (κ1) is 75.7. The van der Waals surface area contributed by atoms with Crippen molar-refractivity contribution < 1.29 is 80.9 Å². The molecule has 2 aromatic carbocycles. The zero-order chi connectivity index (χ0) is 64.5. The minimum atomic E-state index is -0.636. The summed E-state index contributed by atoms with van der Waals surface area (Å²) in [4.78, 5) is 89.9. The summed E-state index contributed by atoms with van der Waals surface area (Å²) in [7, 11) is 0. The quantitative estimate of drug-likeness (QED) is 0.0137. The maximum Gasteiger partial charge on any atom is 0.407 e. The van der Waals surface area contributed by atoms with Crippen LogP contribution in [0.2, 0.25) is 0 Å². The number of likely N-dealkylation sites (N-methyl/N-ethyl adjacent to an activating group) is 1. The van der Waals surface area contributed by atoms with Crippen LogP contribution < -0.4 is 36.8 Å². The number of alkyl halides is 1. The second kappa shape index (κ2) is 49.0. The Kier molecular flexibility index (Phi) is 41.2. The van der Waals surface area contributed by atoms with Gasteiger partial charge in [0.25, 0.3) is 5.91 Å². The standard InChI is InChI=1S/C64H99ClN8O17/c1-3-51-18-17-20-55(48-51)72(4-2)58(74)50-73-56-21-10-9-19-53(56)49-57(73)60(76)71-54-24-22-52(23-25-54)59(75)66-27-12-6-7-13-28-67-61(77)89-46-44-85-42-40-83-35-29-68-62(78)87-33-15-16-34-88-63(79)69-30-36-84-41-43-86-45-47-90-64(80)70-31-37-82-39-38-81-32-14-8-5-11-26-65/h9-10,15-21,48-49,52,54H,3-8,11-14,22-47,50H2,1-2H3,(H,66,75)(H,67,77)(H,68,78)(H,69,79)(H,70,80)(H,71,76)/b16-15+/t52-,54-. The molecular formula is C64H99ClN8O17. The molecule has 4 rings (SSSR count). The van der Waals surface area contributed by atoms with Gasteiger partial charge < -0.3 is 88.7 Å². The van der Waals surface area contributed by atoms with Gasteiger partial charge >= 0.3 is 24.4 Å². The van der Waals surface area contributed by atoms with Gasteiger partial charge in [-0.3, -0.25) is 14.4 Å². The van der Waals surface area contributed by atoms with Crippen LogP contribution in [0.3, 0.4) is 0 Å². The van der Waals surface area contributed by atoms with Gasteiger partial charge in [0.1, 0.15) is 38.7 Å². The maximum atomic E-state index is 13.8. The lowest BCUT2D eigenvalue weighted by atomic mass is 9.85. The highest BCUT2D eigenvalue weighted by molar-refractivity contribution is 6.17. The number of aryl methyl sites for hydroxylation is 1. The average Bonchev–Trinajstić information content (AvgIpc) is 2.82. The Hall–Kier alpha value is -6.74. The van der Waals surface area contributed by atoms with E-state index in [1.165, 1.54) is 12.2 Å². The van der Waals surface area contributed by atoms with E-state index in [0.717, 1.165) is 79.9 Å². The summed E-state index contributed by atoms with van der Waals surface area (Å²) in [6, 6.07) is 17.5. The smallest absolute Gasteiger partial charge is 0.407 e. The Morgan fingerprint density at radius 1 is 0.522 bits per heavy atom. The highest BCUT2D eigenvalue weighted by atomic mass is 35.5. The number of alkyl carbamates (subject to hydrolysis) is 4. The highest BCUT2D eigenvalue weighted by Crippen LogP contribution is 2.27. The number of nitrogens with zero attached hydrogens (tertiary/aromatic N) is 2. The number of para-hydroxylation sites is 1. The van der Waals surface area contributed by atoms with Gasteiger partial charge in [-0.15, -0.1) is 11.6 Å². The van der Waals surface area contributed by atoms with Crippen molar-refractivity contribution in [3.63, 3.8) is 0 Å². The summed E-state index contributed by atoms with van der Waals surface area (Å²) in [5, 5.41) is 17.6. The monoisotopic (exact) mass is 1290 g/mol. The predicted octanol–water partition coefficient (Wildman–Crippen LogP) is 7.58. The molecule has 504 valence electrons. The fourth-order valence-electron chi connectivity index (χ4n) is 9.41. The van der Waals surface area contributed by atoms with Crippen molar-refractivity contribution >= 4 is 70.3 Å². The zero-order valence-electron chi connectivity index (χ0n) is 52.9. The van der Waals surface area contributed by atoms with E-state index in [2.05, 4.69) is 38.8 Å². The summed E-state index contributed by atoms with van der Waals surface area (Å²) in [5.74, 6) is 0.299. The molecule has 25 nitrogen and oxygen atoms in total. The molecule has 7 amide bonds. The van der Waals surface area contributed by atoms with E-state index in [4.69, 9.17) is 59.0 Å². The molecule has 0 spiro atoms. The Morgan fingerprint density at radius 2 is 1.02 bits per heavy atom. The summed E-state index contributed by atoms with van der Waals surface area (Å²) < 4.78 is 54.6. The first-order valence-electron chi connectivity index (χ1n) is 31.9. The average molecular weight is 1290 g/mol. The van der Waals surface area contributed by atoms with E-state index in [9.17, 15) is 33.6 Å². The van der Waals surface area contributed by atoms with Gasteiger partial charge in [0.2, 0.25) is 11.8 Å². The summed E-state index contributed by atoms with van der Waals surface area (Å²) in [6.07, 6.45) is 11.9. The molecule has 0 unspecified atom stereocenters. The number of aromatic nitrogens is 1. The number of nitrogens with one attached hydrogen (secondary N) is 6. The SMILES string of the molecule is CCc1cccc(N(CC)C(=O)Cn2c(C(=O)N[C@H]3CC[C@H](C(=O)NCCCCCCNC(=O)OCCOCCOCCNC(=O)OC/C=C/COC(=O)NCCOCCOCCOC(=O)NCCOCCOCCCCCCCl)CC3)cc3ccccc32)c1. The number of unbranched alkanes of at least 4 members (excludes halogenated alkanes) is 6. The van der Waals surface area contributed by atoms with Gasteiger partial charge in [-0.05, 0) is 107 Å². The van der Waals surface area contributed by atoms with E-state index >= 15 is 0 Å². The van der Waals surface area contributed by atoms with Crippen molar-refractivity contribution in [3.8, 4) is 0 Å². The molecule has 1 heterocycles. The first-order valence-corrected chi connectivity index (χ1v) is 32.4. The molecule has 0 saturated heterocycles. The molecule has 6 N–H and O–H groups in total. The number of hydrogen-bond acceptors (Lipinski definition) is 17. The van der Waals surface area contributed by atoms with Crippen molar-refractivity contribution in [2.24, 2.45) is 5.92 Å². The van der Waals surface area contributed by atoms with Crippen molar-refractivity contribution in [2.75, 3.05) is 156 Å². The van der Waals surface area contributed by atoms with Gasteiger partial charge in [0.05, 0.1) is 72.7 Å². The van der Waals surface area contributed by atoms with Crippen LogP contribution in [0.5, 0.6) is 0 Å². The molecule has 0 bridgehead atoms. The van der Waals surface area contributed by atoms with E-state index in [1.807, 2.05) is 66.1 Å². The Labute approximate surface area is 535 Å². The van der Waals surface area contributed by atoms with Gasteiger partial charge in [-0.2, -0.15) is 0 Å². The van der Waals surface area contributed by atoms with Crippen LogP contribution in [0, 0.1) is 5.92 Å². The van der Waals surface area contributed by atoms with E-state index in [1.54, 1.807) is 4.90 Å². The van der Waals surface area contributed by atoms with Gasteiger partial charge in [-0.25, -0.2) is 19.2 Å². The van der Waals surface area contributed by atoms with Crippen LogP contribution in [0.25, 0.3) is 10.9 Å². The van der Waals surface area contributed by atoms with E-state index in [-0.39, 0.29) is 129 Å². The third kappa shape index (κ3) is 33.9. The van der Waals surface area contributed by atoms with Crippen molar-refractivity contribution in [3.05, 3.63) is 78.0 Å². The number of hydrogen-bond donors (Lipinski definition) is 6. The lowest BCUT2D eigenvalue weighted by Crippen LogP contribution is -2.42. The van der Waals surface area contributed by atoms with Crippen molar-refractivity contribution in [2.45, 2.75) is 110 Å². The van der Waals surface area contributed by atoms with Crippen LogP contribution in [0.15, 0.2) is 66.7 Å². The molecule has 3 aromatic rings. The number of fused-ring (bicyclic) bond motifs is 1. The van der Waals surface area contributed by atoms with Gasteiger partial charge in [0, 0.05) is 80.3 Å². The van der Waals surface area contributed by atoms with Crippen molar-refractivity contribution in [1.82, 2.24) is 36.5 Å². The minimum absolute atomic E-state index is 0.0235. The number of ether oxygens (including phenoxy) is 10. The predicted molar refractivity (Wildman–Crippen MR) is 341 cm³/mol. The fourth-order valence-corrected chi connectivity index (χ4v) is 9.60. The Balaban J connectivity index is 0.859. The van der Waals surface area contributed by atoms with Crippen LogP contribution >= 0.6 is 11.6 Å². The van der Waals surface area contributed by atoms with Gasteiger partial charge in [-0.1, -0.05) is 62.9 Å². The number of anilines is 1. The zero-order valence-corrected chi connectivity index (χ0v) is 53.6. The molecule has 1 aliphatic rings. The summed E-state index contributed by atoms with van der Waals surface area (Å²) in [6.45, 7) is 10.5. The third-order valence-corrected chi connectivity index (χ3v) is 14.5. The topological polar surface area (TPSA) is 292 Å². The molecule has 1 saturated carbocycles. The molecule has 1 fully saturated rings. The highest BCUT2D eigenvalue weighted by Gasteiger charge is 2.29. The van der Waals surface area contributed by atoms with E-state index in [0.29, 0.717) is 89.9 Å². The lowest BCUT2D eigenvalue weighted by Gasteiger charge is -2.28. The second-order valence-electron chi connectivity index (χ2n) is 21.0. The van der Waals surface area contributed by atoms with Crippen molar-refractivity contribution in [1.29, 1.82) is 0 Å². The summed E-state index contributed by atoms with van der Waals surface area (Å²) in [5.41, 5.74) is 3.25. The molecule has 90 heavy (non-hydrogen) atoms.